The van der Waals surface area contributed by atoms with Gasteiger partial charge in [-0.3, -0.25) is 24.5 Å². The summed E-state index contributed by atoms with van der Waals surface area (Å²) in [5.74, 6) is -0.0423. The first-order chi connectivity index (χ1) is 20.0. The quantitative estimate of drug-likeness (QED) is 0.186. The van der Waals surface area contributed by atoms with Gasteiger partial charge in [0, 0.05) is 43.6 Å². The molecule has 2 saturated carbocycles. The summed E-state index contributed by atoms with van der Waals surface area (Å²) in [5.41, 5.74) is 5.51. The molecular weight excluding hydrogens is 552 g/mol. The molecule has 0 spiro atoms. The Balaban J connectivity index is 0.000000362. The first kappa shape index (κ1) is 36.0. The van der Waals surface area contributed by atoms with Gasteiger partial charge in [-0.05, 0) is 104 Å². The summed E-state index contributed by atoms with van der Waals surface area (Å²) in [6.45, 7) is 11.2. The van der Waals surface area contributed by atoms with Crippen LogP contribution < -0.4 is 16.4 Å². The van der Waals surface area contributed by atoms with Crippen LogP contribution in [0.5, 0.6) is 0 Å². The molecule has 4 atom stereocenters. The van der Waals surface area contributed by atoms with Crippen molar-refractivity contribution in [1.29, 1.82) is 0 Å². The van der Waals surface area contributed by atoms with Crippen molar-refractivity contribution >= 4 is 29.2 Å². The molecule has 0 saturated heterocycles. The molecule has 1 amide bonds. The van der Waals surface area contributed by atoms with Crippen LogP contribution in [0.25, 0.3) is 0 Å². The Hall–Kier alpha value is -3.21. The van der Waals surface area contributed by atoms with E-state index in [0.717, 1.165) is 51.4 Å². The van der Waals surface area contributed by atoms with Gasteiger partial charge in [-0.25, -0.2) is 0 Å². The monoisotopic (exact) mass is 604 g/mol. The molecule has 4 N–H and O–H groups in total. The maximum Gasteiger partial charge on any atom is 0.306 e. The average molecular weight is 605 g/mol. The van der Waals surface area contributed by atoms with Crippen LogP contribution in [0.3, 0.4) is 0 Å². The van der Waals surface area contributed by atoms with Gasteiger partial charge in [0.25, 0.3) is 11.6 Å². The number of hydrogen-bond donors (Lipinski definition) is 3. The summed E-state index contributed by atoms with van der Waals surface area (Å²) in [4.78, 5) is 46.4. The number of nitrogens with two attached hydrogens (primary N) is 1. The highest BCUT2D eigenvalue weighted by atomic mass is 16.6. The largest absolute Gasteiger partial charge is 0.460 e. The second kappa shape index (κ2) is 16.0. The van der Waals surface area contributed by atoms with Crippen molar-refractivity contribution in [3.8, 4) is 0 Å². The van der Waals surface area contributed by atoms with Crippen LogP contribution >= 0.6 is 0 Å². The van der Waals surface area contributed by atoms with Crippen LogP contribution in [0.1, 0.15) is 116 Å². The number of rotatable bonds is 8. The summed E-state index contributed by atoms with van der Waals surface area (Å²) >= 11 is 0. The number of esters is 2. The number of carbonyl (C=O) groups excluding carboxylic acids is 3. The molecular formula is C32H52N4O7. The van der Waals surface area contributed by atoms with Gasteiger partial charge < -0.3 is 25.8 Å². The lowest BCUT2D eigenvalue weighted by molar-refractivity contribution is -0.384. The minimum Gasteiger partial charge on any atom is -0.460 e. The van der Waals surface area contributed by atoms with Gasteiger partial charge in [0.15, 0.2) is 0 Å². The Morgan fingerprint density at radius 1 is 0.907 bits per heavy atom. The van der Waals surface area contributed by atoms with Crippen LogP contribution in [-0.4, -0.2) is 53.1 Å². The predicted octanol–water partition coefficient (Wildman–Crippen LogP) is 5.89. The van der Waals surface area contributed by atoms with Crippen molar-refractivity contribution in [3.63, 3.8) is 0 Å². The fourth-order valence-corrected chi connectivity index (χ4v) is 5.67. The van der Waals surface area contributed by atoms with E-state index in [9.17, 15) is 24.5 Å². The SMILES string of the molecule is CC(C)(C)OC(=O)C[C@@H]1CCC[C@H](N)C1.CNC(=O)c1ccc(N[C@H]2CCC[C@@H](CC(=O)OC(C)(C)C)C2)c([N+](=O)[O-])c1. The van der Waals surface area contributed by atoms with Crippen molar-refractivity contribution in [2.75, 3.05) is 12.4 Å². The molecule has 0 aliphatic heterocycles. The number of anilines is 1. The van der Waals surface area contributed by atoms with Crippen LogP contribution in [-0.2, 0) is 19.1 Å². The fourth-order valence-electron chi connectivity index (χ4n) is 5.67. The lowest BCUT2D eigenvalue weighted by Crippen LogP contribution is -2.31. The number of nitrogens with zero attached hydrogens (tertiary/aromatic N) is 1. The molecule has 43 heavy (non-hydrogen) atoms. The van der Waals surface area contributed by atoms with E-state index in [-0.39, 0.29) is 52.7 Å². The van der Waals surface area contributed by atoms with Crippen LogP contribution in [0.15, 0.2) is 18.2 Å². The van der Waals surface area contributed by atoms with Gasteiger partial charge in [-0.1, -0.05) is 12.8 Å². The molecule has 0 aromatic heterocycles. The van der Waals surface area contributed by atoms with Crippen molar-refractivity contribution in [2.24, 2.45) is 17.6 Å². The van der Waals surface area contributed by atoms with E-state index in [1.165, 1.54) is 13.1 Å². The maximum atomic E-state index is 12.1. The normalized spacial score (nSPS) is 22.3. The first-order valence-electron chi connectivity index (χ1n) is 15.4. The molecule has 1 aromatic carbocycles. The molecule has 11 nitrogen and oxygen atoms in total. The van der Waals surface area contributed by atoms with Crippen molar-refractivity contribution in [2.45, 2.75) is 129 Å². The zero-order valence-electron chi connectivity index (χ0n) is 27.0. The second-order valence-corrected chi connectivity index (χ2v) is 13.8. The van der Waals surface area contributed by atoms with Crippen molar-refractivity contribution in [1.82, 2.24) is 5.32 Å². The number of nitro benzene ring substituents is 1. The van der Waals surface area contributed by atoms with Crippen LogP contribution in [0.4, 0.5) is 11.4 Å². The van der Waals surface area contributed by atoms with Crippen LogP contribution in [0, 0.1) is 22.0 Å². The minimum atomic E-state index is -0.503. The van der Waals surface area contributed by atoms with E-state index >= 15 is 0 Å². The van der Waals surface area contributed by atoms with Gasteiger partial charge in [0.1, 0.15) is 16.9 Å². The van der Waals surface area contributed by atoms with E-state index in [1.807, 2.05) is 41.5 Å². The molecule has 1 aromatic rings. The lowest BCUT2D eigenvalue weighted by Gasteiger charge is -2.30. The summed E-state index contributed by atoms with van der Waals surface area (Å²) in [6, 6.07) is 4.73. The topological polar surface area (TPSA) is 163 Å². The number of ether oxygens (including phenoxy) is 2. The first-order valence-corrected chi connectivity index (χ1v) is 15.4. The summed E-state index contributed by atoms with van der Waals surface area (Å²) in [7, 11) is 1.48. The zero-order valence-corrected chi connectivity index (χ0v) is 27.0. The number of nitro groups is 1. The molecule has 2 aliphatic rings. The van der Waals surface area contributed by atoms with Crippen molar-refractivity contribution in [3.05, 3.63) is 33.9 Å². The number of amides is 1. The van der Waals surface area contributed by atoms with Crippen molar-refractivity contribution < 1.29 is 28.8 Å². The average Bonchev–Trinajstić information content (AvgIpc) is 2.86. The molecule has 11 heteroatoms. The number of hydrogen-bond acceptors (Lipinski definition) is 9. The summed E-state index contributed by atoms with van der Waals surface area (Å²) < 4.78 is 10.7. The van der Waals surface area contributed by atoms with Gasteiger partial charge >= 0.3 is 11.9 Å². The van der Waals surface area contributed by atoms with Gasteiger partial charge in [0.2, 0.25) is 0 Å². The Bertz CT molecular complexity index is 1110. The molecule has 0 radical (unpaired) electrons. The third-order valence-electron chi connectivity index (χ3n) is 7.40. The van der Waals surface area contributed by atoms with E-state index < -0.39 is 10.5 Å². The fraction of sp³-hybridized carbons (Fsp3) is 0.719. The van der Waals surface area contributed by atoms with Gasteiger partial charge in [-0.15, -0.1) is 0 Å². The molecule has 0 bridgehead atoms. The summed E-state index contributed by atoms with van der Waals surface area (Å²) in [5, 5.41) is 17.1. The number of carbonyl (C=O) groups is 3. The third kappa shape index (κ3) is 13.8. The lowest BCUT2D eigenvalue weighted by atomic mass is 9.83. The van der Waals surface area contributed by atoms with E-state index in [0.29, 0.717) is 24.4 Å². The Kier molecular flexibility index (Phi) is 13.4. The molecule has 0 unspecified atom stereocenters. The number of benzene rings is 1. The third-order valence-corrected chi connectivity index (χ3v) is 7.40. The zero-order chi connectivity index (χ0) is 32.4. The second-order valence-electron chi connectivity index (χ2n) is 13.8. The minimum absolute atomic E-state index is 0.0331. The summed E-state index contributed by atoms with van der Waals surface area (Å²) in [6.07, 6.45) is 8.72. The van der Waals surface area contributed by atoms with Crippen LogP contribution in [0.2, 0.25) is 0 Å². The van der Waals surface area contributed by atoms with E-state index in [2.05, 4.69) is 10.6 Å². The van der Waals surface area contributed by atoms with Gasteiger partial charge in [-0.2, -0.15) is 0 Å². The highest BCUT2D eigenvalue weighted by Gasteiger charge is 2.28. The van der Waals surface area contributed by atoms with E-state index in [1.54, 1.807) is 12.1 Å². The molecule has 0 heterocycles. The van der Waals surface area contributed by atoms with Gasteiger partial charge in [0.05, 0.1) is 4.92 Å². The Labute approximate surface area is 256 Å². The van der Waals surface area contributed by atoms with E-state index in [4.69, 9.17) is 15.2 Å². The molecule has 3 rings (SSSR count). The molecule has 2 fully saturated rings. The maximum absolute atomic E-state index is 12.1. The highest BCUT2D eigenvalue weighted by Crippen LogP contribution is 2.33. The number of nitrogens with one attached hydrogen (secondary N) is 2. The molecule has 2 aliphatic carbocycles. The Morgan fingerprint density at radius 3 is 1.93 bits per heavy atom. The highest BCUT2D eigenvalue weighted by molar-refractivity contribution is 5.95. The smallest absolute Gasteiger partial charge is 0.306 e. The molecule has 242 valence electrons. The standard InChI is InChI=1S/C20H29N3O5.C12H23NO2/c1-20(2,3)28-18(24)11-13-6-5-7-15(10-13)22-16-9-8-14(19(25)21-4)12-17(16)23(26)27;1-12(2,3)15-11(14)8-9-5-4-6-10(13)7-9/h8-9,12-13,15,22H,5-7,10-11H2,1-4H3,(H,21,25);9-10H,4-8,13H2,1-3H3/t13-,15+;9-,10+/m11/s1. The Morgan fingerprint density at radius 2 is 1.44 bits per heavy atom. The predicted molar refractivity (Wildman–Crippen MR) is 167 cm³/mol.